The number of nitrogens with zero attached hydrogens (tertiary/aromatic N) is 1. The van der Waals surface area contributed by atoms with Gasteiger partial charge in [-0.2, -0.15) is 0 Å². The van der Waals surface area contributed by atoms with Crippen LogP contribution in [0, 0.1) is 5.82 Å². The minimum Gasteiger partial charge on any atom is -0.350 e. The first-order valence-corrected chi connectivity index (χ1v) is 9.01. The van der Waals surface area contributed by atoms with E-state index >= 15 is 0 Å². The number of thiazole rings is 1. The second-order valence-corrected chi connectivity index (χ2v) is 7.30. The van der Waals surface area contributed by atoms with Gasteiger partial charge in [0.15, 0.2) is 0 Å². The van der Waals surface area contributed by atoms with Crippen LogP contribution in [-0.2, 0) is 10.0 Å². The van der Waals surface area contributed by atoms with Gasteiger partial charge in [0, 0.05) is 18.7 Å². The predicted molar refractivity (Wildman–Crippen MR) is 82.7 cm³/mol. The SMILES string of the molecule is CS(=O)(=O)NCCNC(=O)c1cnc(-c2ccccc2F)s1. The van der Waals surface area contributed by atoms with Crippen LogP contribution >= 0.6 is 11.3 Å². The molecule has 0 saturated carbocycles. The van der Waals surface area contributed by atoms with Crippen LogP contribution in [-0.4, -0.2) is 38.7 Å². The summed E-state index contributed by atoms with van der Waals surface area (Å²) >= 11 is 1.07. The van der Waals surface area contributed by atoms with E-state index in [1.807, 2.05) is 0 Å². The second-order valence-electron chi connectivity index (χ2n) is 4.43. The molecule has 2 aromatic rings. The van der Waals surface area contributed by atoms with Gasteiger partial charge in [-0.25, -0.2) is 22.5 Å². The zero-order chi connectivity index (χ0) is 16.2. The van der Waals surface area contributed by atoms with E-state index < -0.39 is 15.8 Å². The molecule has 6 nitrogen and oxygen atoms in total. The molecule has 0 aliphatic heterocycles. The third kappa shape index (κ3) is 4.58. The fourth-order valence-corrected chi connectivity index (χ4v) is 2.97. The number of halogens is 1. The van der Waals surface area contributed by atoms with Crippen LogP contribution in [0.15, 0.2) is 30.5 Å². The quantitative estimate of drug-likeness (QED) is 0.772. The average Bonchev–Trinajstić information content (AvgIpc) is 2.92. The number of aromatic nitrogens is 1. The molecular formula is C13H14FN3O3S2. The van der Waals surface area contributed by atoms with Gasteiger partial charge in [0.2, 0.25) is 10.0 Å². The van der Waals surface area contributed by atoms with Crippen molar-refractivity contribution in [1.82, 2.24) is 15.0 Å². The Labute approximate surface area is 131 Å². The summed E-state index contributed by atoms with van der Waals surface area (Å²) < 4.78 is 37.7. The van der Waals surface area contributed by atoms with E-state index in [4.69, 9.17) is 0 Å². The lowest BCUT2D eigenvalue weighted by Gasteiger charge is -2.03. The number of carbonyl (C=O) groups excluding carboxylic acids is 1. The number of hydrogen-bond acceptors (Lipinski definition) is 5. The largest absolute Gasteiger partial charge is 0.350 e. The molecule has 1 heterocycles. The van der Waals surface area contributed by atoms with Crippen LogP contribution in [0.2, 0.25) is 0 Å². The zero-order valence-electron chi connectivity index (χ0n) is 11.7. The van der Waals surface area contributed by atoms with Crippen LogP contribution in [0.25, 0.3) is 10.6 Å². The predicted octanol–water partition coefficient (Wildman–Crippen LogP) is 1.23. The van der Waals surface area contributed by atoms with Gasteiger partial charge in [0.05, 0.1) is 12.5 Å². The summed E-state index contributed by atoms with van der Waals surface area (Å²) in [5.41, 5.74) is 0.338. The van der Waals surface area contributed by atoms with Gasteiger partial charge in [0.1, 0.15) is 15.7 Å². The van der Waals surface area contributed by atoms with E-state index in [1.54, 1.807) is 18.2 Å². The third-order valence-electron chi connectivity index (χ3n) is 2.61. The summed E-state index contributed by atoms with van der Waals surface area (Å²) in [6.07, 6.45) is 2.41. The molecule has 0 saturated heterocycles. The molecule has 118 valence electrons. The first-order chi connectivity index (χ1) is 10.4. The van der Waals surface area contributed by atoms with E-state index in [0.29, 0.717) is 15.4 Å². The number of carbonyl (C=O) groups is 1. The van der Waals surface area contributed by atoms with Crippen molar-refractivity contribution < 1.29 is 17.6 Å². The Kier molecular flexibility index (Phi) is 5.22. The molecule has 1 aromatic heterocycles. The fraction of sp³-hybridized carbons (Fsp3) is 0.231. The van der Waals surface area contributed by atoms with Crippen molar-refractivity contribution in [2.45, 2.75) is 0 Å². The summed E-state index contributed by atoms with van der Waals surface area (Å²) in [5.74, 6) is -0.781. The van der Waals surface area contributed by atoms with Gasteiger partial charge in [-0.3, -0.25) is 4.79 Å². The van der Waals surface area contributed by atoms with E-state index in [2.05, 4.69) is 15.0 Å². The smallest absolute Gasteiger partial charge is 0.263 e. The second kappa shape index (κ2) is 6.95. The lowest BCUT2D eigenvalue weighted by molar-refractivity contribution is 0.0958. The number of nitrogens with one attached hydrogen (secondary N) is 2. The van der Waals surface area contributed by atoms with Crippen LogP contribution in [0.5, 0.6) is 0 Å². The Bertz CT molecular complexity index is 774. The highest BCUT2D eigenvalue weighted by Gasteiger charge is 2.13. The van der Waals surface area contributed by atoms with Gasteiger partial charge in [-0.15, -0.1) is 11.3 Å². The third-order valence-corrected chi connectivity index (χ3v) is 4.37. The maximum atomic E-state index is 13.6. The van der Waals surface area contributed by atoms with Crippen molar-refractivity contribution in [2.24, 2.45) is 0 Å². The van der Waals surface area contributed by atoms with Gasteiger partial charge in [-0.1, -0.05) is 12.1 Å². The first-order valence-electron chi connectivity index (χ1n) is 6.30. The Morgan fingerprint density at radius 3 is 2.73 bits per heavy atom. The number of rotatable bonds is 6. The van der Waals surface area contributed by atoms with Crippen LogP contribution in [0.4, 0.5) is 4.39 Å². The van der Waals surface area contributed by atoms with E-state index in [9.17, 15) is 17.6 Å². The molecule has 0 spiro atoms. The monoisotopic (exact) mass is 343 g/mol. The Morgan fingerprint density at radius 1 is 1.32 bits per heavy atom. The lowest BCUT2D eigenvalue weighted by atomic mass is 10.2. The standard InChI is InChI=1S/C13H14FN3O3S2/c1-22(19,20)17-7-6-15-12(18)11-8-16-13(21-11)9-4-2-3-5-10(9)14/h2-5,8,17H,6-7H2,1H3,(H,15,18). The van der Waals surface area contributed by atoms with Gasteiger partial charge >= 0.3 is 0 Å². The molecule has 1 amide bonds. The van der Waals surface area contributed by atoms with Crippen molar-refractivity contribution in [3.63, 3.8) is 0 Å². The number of hydrogen-bond donors (Lipinski definition) is 2. The van der Waals surface area contributed by atoms with Crippen LogP contribution in [0.1, 0.15) is 9.67 Å². The zero-order valence-corrected chi connectivity index (χ0v) is 13.3. The molecule has 0 unspecified atom stereocenters. The van der Waals surface area contributed by atoms with Crippen molar-refractivity contribution in [3.05, 3.63) is 41.2 Å². The average molecular weight is 343 g/mol. The lowest BCUT2D eigenvalue weighted by Crippen LogP contribution is -2.33. The molecule has 2 rings (SSSR count). The molecule has 1 aromatic carbocycles. The van der Waals surface area contributed by atoms with Crippen molar-refractivity contribution in [2.75, 3.05) is 19.3 Å². The molecule has 9 heteroatoms. The highest BCUT2D eigenvalue weighted by atomic mass is 32.2. The molecule has 0 atom stereocenters. The van der Waals surface area contributed by atoms with Crippen molar-refractivity contribution in [1.29, 1.82) is 0 Å². The summed E-state index contributed by atoms with van der Waals surface area (Å²) in [4.78, 5) is 16.3. The highest BCUT2D eigenvalue weighted by Crippen LogP contribution is 2.27. The maximum Gasteiger partial charge on any atom is 0.263 e. The van der Waals surface area contributed by atoms with Gasteiger partial charge < -0.3 is 5.32 Å². The van der Waals surface area contributed by atoms with E-state index in [-0.39, 0.29) is 19.0 Å². The van der Waals surface area contributed by atoms with E-state index in [0.717, 1.165) is 17.6 Å². The molecule has 0 bridgehead atoms. The Balaban J connectivity index is 1.97. The van der Waals surface area contributed by atoms with E-state index in [1.165, 1.54) is 12.3 Å². The van der Waals surface area contributed by atoms with Crippen molar-refractivity contribution in [3.8, 4) is 10.6 Å². The summed E-state index contributed by atoms with van der Waals surface area (Å²) in [5, 5.41) is 2.98. The Morgan fingerprint density at radius 2 is 2.05 bits per heavy atom. The van der Waals surface area contributed by atoms with Crippen LogP contribution < -0.4 is 10.0 Å². The molecule has 0 aliphatic rings. The minimum atomic E-state index is -3.28. The highest BCUT2D eigenvalue weighted by molar-refractivity contribution is 7.88. The molecule has 0 radical (unpaired) electrons. The summed E-state index contributed by atoms with van der Waals surface area (Å²) in [7, 11) is -3.28. The fourth-order valence-electron chi connectivity index (χ4n) is 1.64. The van der Waals surface area contributed by atoms with Gasteiger partial charge in [0.25, 0.3) is 5.91 Å². The summed E-state index contributed by atoms with van der Waals surface area (Å²) in [6, 6.07) is 6.18. The molecule has 22 heavy (non-hydrogen) atoms. The molecular weight excluding hydrogens is 329 g/mol. The number of benzene rings is 1. The topological polar surface area (TPSA) is 88.2 Å². The summed E-state index contributed by atoms with van der Waals surface area (Å²) in [6.45, 7) is 0.252. The van der Waals surface area contributed by atoms with Crippen LogP contribution in [0.3, 0.4) is 0 Å². The Hall–Kier alpha value is -1.84. The molecule has 2 N–H and O–H groups in total. The molecule has 0 aliphatic carbocycles. The van der Waals surface area contributed by atoms with Gasteiger partial charge in [-0.05, 0) is 12.1 Å². The minimum absolute atomic E-state index is 0.101. The molecule has 0 fully saturated rings. The maximum absolute atomic E-state index is 13.6. The number of sulfonamides is 1. The number of amides is 1. The normalized spacial score (nSPS) is 11.4. The first kappa shape index (κ1) is 16.5. The van der Waals surface area contributed by atoms with Crippen molar-refractivity contribution >= 4 is 27.3 Å².